The van der Waals surface area contributed by atoms with Gasteiger partial charge in [0, 0.05) is 6.54 Å². The van der Waals surface area contributed by atoms with Crippen LogP contribution in [0.1, 0.15) is 41.5 Å². The van der Waals surface area contributed by atoms with Gasteiger partial charge in [0.1, 0.15) is 5.69 Å². The van der Waals surface area contributed by atoms with Crippen molar-refractivity contribution < 1.29 is 9.59 Å². The largest absolute Gasteiger partial charge is 0.364 e. The van der Waals surface area contributed by atoms with Crippen LogP contribution in [-0.2, 0) is 4.79 Å². The average Bonchev–Trinajstić information content (AvgIpc) is 3.33. The molecule has 0 saturated carbocycles. The van der Waals surface area contributed by atoms with Crippen molar-refractivity contribution in [3.05, 3.63) is 41.7 Å². The van der Waals surface area contributed by atoms with Crippen LogP contribution in [0.15, 0.2) is 34.7 Å². The van der Waals surface area contributed by atoms with E-state index in [0.29, 0.717) is 12.3 Å². The van der Waals surface area contributed by atoms with Gasteiger partial charge in [-0.15, -0.1) is 11.3 Å². The highest BCUT2D eigenvalue weighted by Crippen LogP contribution is 2.33. The highest BCUT2D eigenvalue weighted by molar-refractivity contribution is 8.01. The van der Waals surface area contributed by atoms with Crippen molar-refractivity contribution in [3.63, 3.8) is 0 Å². The van der Waals surface area contributed by atoms with Crippen LogP contribution in [0, 0.1) is 0 Å². The lowest BCUT2D eigenvalue weighted by Gasteiger charge is -2.35. The van der Waals surface area contributed by atoms with Gasteiger partial charge in [-0.2, -0.15) is 5.10 Å². The number of rotatable bonds is 5. The summed E-state index contributed by atoms with van der Waals surface area (Å²) in [6.07, 6.45) is 2.85. The zero-order valence-corrected chi connectivity index (χ0v) is 16.2. The fraction of sp³-hybridized carbons (Fsp3) is 0.333. The van der Waals surface area contributed by atoms with Crippen molar-refractivity contribution in [2.75, 3.05) is 12.3 Å². The van der Waals surface area contributed by atoms with Crippen LogP contribution in [0.3, 0.4) is 0 Å². The second-order valence-electron chi connectivity index (χ2n) is 6.41. The van der Waals surface area contributed by atoms with Gasteiger partial charge in [-0.1, -0.05) is 23.9 Å². The molecule has 0 aliphatic carbocycles. The minimum atomic E-state index is -0.572. The Morgan fingerprint density at radius 2 is 2.19 bits per heavy atom. The summed E-state index contributed by atoms with van der Waals surface area (Å²) >= 11 is 3.07. The predicted octanol–water partition coefficient (Wildman–Crippen LogP) is 2.96. The lowest BCUT2D eigenvalue weighted by Crippen LogP contribution is -2.39. The Morgan fingerprint density at radius 3 is 2.96 bits per heavy atom. The van der Waals surface area contributed by atoms with E-state index in [9.17, 15) is 9.59 Å². The number of para-hydroxylation sites is 1. The minimum absolute atomic E-state index is 0.0687. The van der Waals surface area contributed by atoms with Crippen molar-refractivity contribution in [1.82, 2.24) is 20.1 Å². The summed E-state index contributed by atoms with van der Waals surface area (Å²) in [5.41, 5.74) is 7.21. The molecule has 1 fully saturated rings. The molecule has 1 aliphatic rings. The maximum absolute atomic E-state index is 12.9. The van der Waals surface area contributed by atoms with Gasteiger partial charge in [0.15, 0.2) is 4.34 Å². The fourth-order valence-electron chi connectivity index (χ4n) is 3.31. The lowest BCUT2D eigenvalue weighted by atomic mass is 9.99. The van der Waals surface area contributed by atoms with E-state index in [1.54, 1.807) is 17.4 Å². The van der Waals surface area contributed by atoms with Crippen LogP contribution in [0.25, 0.3) is 10.2 Å². The molecule has 1 saturated heterocycles. The number of hydrogen-bond acceptors (Lipinski definition) is 6. The van der Waals surface area contributed by atoms with Gasteiger partial charge in [-0.05, 0) is 37.5 Å². The molecular formula is C18H19N5O2S2. The molecule has 2 aromatic heterocycles. The Kier molecular flexibility index (Phi) is 5.13. The van der Waals surface area contributed by atoms with Crippen molar-refractivity contribution in [1.29, 1.82) is 0 Å². The molecule has 1 unspecified atom stereocenters. The SMILES string of the molecule is NC(=O)c1cc(C2CCCCN2C(=O)CSc2nc3ccccc3s2)[nH]n1. The number of amides is 2. The molecule has 3 N–H and O–H groups in total. The molecule has 27 heavy (non-hydrogen) atoms. The standard InChI is InChI=1S/C18H19N5O2S2/c19-17(25)13-9-12(21-22-13)14-6-3-4-8-23(14)16(24)10-26-18-20-11-5-1-2-7-15(11)27-18/h1-2,5,7,9,14H,3-4,6,8,10H2,(H2,19,25)(H,21,22). The van der Waals surface area contributed by atoms with Gasteiger partial charge in [0.25, 0.3) is 5.91 Å². The Morgan fingerprint density at radius 1 is 1.33 bits per heavy atom. The van der Waals surface area contributed by atoms with E-state index in [1.807, 2.05) is 29.2 Å². The van der Waals surface area contributed by atoms with Gasteiger partial charge in [0.2, 0.25) is 5.91 Å². The highest BCUT2D eigenvalue weighted by Gasteiger charge is 2.29. The van der Waals surface area contributed by atoms with Gasteiger partial charge in [-0.25, -0.2) is 4.98 Å². The monoisotopic (exact) mass is 401 g/mol. The van der Waals surface area contributed by atoms with Crippen LogP contribution >= 0.6 is 23.1 Å². The van der Waals surface area contributed by atoms with Crippen LogP contribution in [0.2, 0.25) is 0 Å². The first-order valence-electron chi connectivity index (χ1n) is 8.75. The van der Waals surface area contributed by atoms with E-state index in [2.05, 4.69) is 15.2 Å². The zero-order chi connectivity index (χ0) is 18.8. The molecule has 2 amide bonds. The maximum atomic E-state index is 12.9. The number of thiazole rings is 1. The van der Waals surface area contributed by atoms with E-state index in [0.717, 1.165) is 39.5 Å². The topological polar surface area (TPSA) is 105 Å². The number of likely N-dealkylation sites (tertiary alicyclic amines) is 1. The van der Waals surface area contributed by atoms with Crippen molar-refractivity contribution >= 4 is 45.1 Å². The van der Waals surface area contributed by atoms with E-state index in [4.69, 9.17) is 5.73 Å². The van der Waals surface area contributed by atoms with E-state index >= 15 is 0 Å². The molecule has 3 aromatic rings. The van der Waals surface area contributed by atoms with Crippen LogP contribution in [0.5, 0.6) is 0 Å². The normalized spacial score (nSPS) is 17.3. The first-order valence-corrected chi connectivity index (χ1v) is 10.5. The molecule has 1 aliphatic heterocycles. The molecule has 0 spiro atoms. The zero-order valence-electron chi connectivity index (χ0n) is 14.6. The summed E-state index contributed by atoms with van der Waals surface area (Å²) in [6.45, 7) is 0.703. The second-order valence-corrected chi connectivity index (χ2v) is 8.66. The Hall–Kier alpha value is -2.39. The highest BCUT2D eigenvalue weighted by atomic mass is 32.2. The summed E-state index contributed by atoms with van der Waals surface area (Å²) in [6, 6.07) is 9.52. The van der Waals surface area contributed by atoms with E-state index in [-0.39, 0.29) is 17.6 Å². The smallest absolute Gasteiger partial charge is 0.269 e. The van der Waals surface area contributed by atoms with Gasteiger partial charge < -0.3 is 10.6 Å². The summed E-state index contributed by atoms with van der Waals surface area (Å²) in [4.78, 5) is 30.6. The number of piperidine rings is 1. The number of nitrogens with zero attached hydrogens (tertiary/aromatic N) is 3. The number of nitrogens with two attached hydrogens (primary N) is 1. The quantitative estimate of drug-likeness (QED) is 0.640. The fourth-order valence-corrected chi connectivity index (χ4v) is 5.26. The van der Waals surface area contributed by atoms with Gasteiger partial charge in [-0.3, -0.25) is 14.7 Å². The van der Waals surface area contributed by atoms with E-state index in [1.165, 1.54) is 11.8 Å². The van der Waals surface area contributed by atoms with Crippen molar-refractivity contribution in [3.8, 4) is 0 Å². The first-order chi connectivity index (χ1) is 13.1. The molecular weight excluding hydrogens is 382 g/mol. The number of hydrogen-bond donors (Lipinski definition) is 2. The molecule has 1 aromatic carbocycles. The third-order valence-electron chi connectivity index (χ3n) is 4.63. The number of aromatic amines is 1. The molecule has 7 nitrogen and oxygen atoms in total. The van der Waals surface area contributed by atoms with Crippen LogP contribution in [-0.4, -0.2) is 44.2 Å². The predicted molar refractivity (Wildman–Crippen MR) is 106 cm³/mol. The van der Waals surface area contributed by atoms with Crippen molar-refractivity contribution in [2.24, 2.45) is 5.73 Å². The summed E-state index contributed by atoms with van der Waals surface area (Å²) in [5, 5.41) is 6.82. The van der Waals surface area contributed by atoms with E-state index < -0.39 is 5.91 Å². The molecule has 0 radical (unpaired) electrons. The molecule has 4 rings (SSSR count). The maximum Gasteiger partial charge on any atom is 0.269 e. The molecule has 140 valence electrons. The number of H-pyrrole nitrogens is 1. The summed E-state index contributed by atoms with van der Waals surface area (Å²) in [5.74, 6) is -0.163. The van der Waals surface area contributed by atoms with Crippen LogP contribution < -0.4 is 5.73 Å². The number of primary amides is 1. The number of fused-ring (bicyclic) bond motifs is 1. The number of carbonyl (C=O) groups is 2. The second kappa shape index (κ2) is 7.69. The summed E-state index contributed by atoms with van der Waals surface area (Å²) in [7, 11) is 0. The Labute approximate surface area is 164 Å². The number of nitrogens with one attached hydrogen (secondary N) is 1. The molecule has 3 heterocycles. The average molecular weight is 402 g/mol. The summed E-state index contributed by atoms with van der Waals surface area (Å²) < 4.78 is 2.02. The molecule has 0 bridgehead atoms. The number of aromatic nitrogens is 3. The number of thioether (sulfide) groups is 1. The van der Waals surface area contributed by atoms with Crippen molar-refractivity contribution in [2.45, 2.75) is 29.6 Å². The Bertz CT molecular complexity index is 950. The number of carbonyl (C=O) groups excluding carboxylic acids is 2. The minimum Gasteiger partial charge on any atom is -0.364 e. The lowest BCUT2D eigenvalue weighted by molar-refractivity contribution is -0.132. The number of benzene rings is 1. The van der Waals surface area contributed by atoms with Crippen LogP contribution in [0.4, 0.5) is 0 Å². The van der Waals surface area contributed by atoms with Gasteiger partial charge >= 0.3 is 0 Å². The third-order valence-corrected chi connectivity index (χ3v) is 6.79. The Balaban J connectivity index is 1.45. The first kappa shape index (κ1) is 18.0. The molecule has 1 atom stereocenters. The third kappa shape index (κ3) is 3.84. The molecule has 9 heteroatoms. The van der Waals surface area contributed by atoms with Gasteiger partial charge in [0.05, 0.1) is 27.7 Å².